The summed E-state index contributed by atoms with van der Waals surface area (Å²) in [6.07, 6.45) is -0.640. The first-order valence-electron chi connectivity index (χ1n) is 2.12. The Kier molecular flexibility index (Phi) is 11.9. The van der Waals surface area contributed by atoms with Gasteiger partial charge in [-0.2, -0.15) is 0 Å². The molecular formula is C3H11BaO4P. The van der Waals surface area contributed by atoms with Crippen molar-refractivity contribution in [3.8, 4) is 0 Å². The number of hydrogen-bond acceptors (Lipinski definition) is 4. The van der Waals surface area contributed by atoms with Crippen molar-refractivity contribution < 1.29 is 19.4 Å². The number of aliphatic hydroxyl groups excluding tert-OH is 1. The fourth-order valence-corrected chi connectivity index (χ4v) is 0.524. The Balaban J connectivity index is 0. The molecule has 9 heavy (non-hydrogen) atoms. The molecule has 4 nitrogen and oxygen atoms in total. The fourth-order valence-electron chi connectivity index (χ4n) is 0.175. The third-order valence-corrected chi connectivity index (χ3v) is 0.811. The van der Waals surface area contributed by atoms with Crippen LogP contribution in [-0.2, 0) is 4.52 Å². The van der Waals surface area contributed by atoms with Gasteiger partial charge in [-0.25, -0.2) is 0 Å². The maximum atomic E-state index is 8.46. The molecule has 0 fully saturated rings. The third kappa shape index (κ3) is 12.9. The molecule has 3 N–H and O–H groups in total. The molecule has 0 aliphatic rings. The van der Waals surface area contributed by atoms with E-state index >= 15 is 0 Å². The molecule has 0 radical (unpaired) electrons. The topological polar surface area (TPSA) is 69.9 Å². The van der Waals surface area contributed by atoms with Gasteiger partial charge in [0.1, 0.15) is 0 Å². The fraction of sp³-hybridized carbons (Fsp3) is 1.00. The van der Waals surface area contributed by atoms with Gasteiger partial charge in [0.15, 0.2) is 0 Å². The van der Waals surface area contributed by atoms with E-state index in [2.05, 4.69) is 4.52 Å². The molecule has 0 aromatic rings. The van der Waals surface area contributed by atoms with Gasteiger partial charge in [0.05, 0.1) is 12.7 Å². The van der Waals surface area contributed by atoms with Gasteiger partial charge < -0.3 is 19.4 Å². The molecule has 54 valence electrons. The first-order chi connectivity index (χ1) is 3.63. The summed E-state index contributed by atoms with van der Waals surface area (Å²) in [6.45, 7) is 1.47. The van der Waals surface area contributed by atoms with E-state index in [0.29, 0.717) is 0 Å². The van der Waals surface area contributed by atoms with Gasteiger partial charge in [0.2, 0.25) is 0 Å². The van der Waals surface area contributed by atoms with Gasteiger partial charge in [0.25, 0.3) is 0 Å². The Morgan fingerprint density at radius 2 is 2.00 bits per heavy atom. The van der Waals surface area contributed by atoms with Crippen LogP contribution >= 0.6 is 8.60 Å². The molecule has 0 saturated heterocycles. The molecular weight excluding hydrogens is 268 g/mol. The Labute approximate surface area is 95.3 Å². The normalized spacial score (nSPS) is 13.0. The molecule has 1 unspecified atom stereocenters. The maximum absolute atomic E-state index is 8.46. The van der Waals surface area contributed by atoms with Crippen molar-refractivity contribution in [1.29, 1.82) is 0 Å². The van der Waals surface area contributed by atoms with Crippen LogP contribution in [0.15, 0.2) is 0 Å². The number of hydrogen-bond donors (Lipinski definition) is 3. The van der Waals surface area contributed by atoms with E-state index in [1.807, 2.05) is 0 Å². The molecule has 0 saturated carbocycles. The van der Waals surface area contributed by atoms with Crippen LogP contribution in [0.5, 0.6) is 0 Å². The summed E-state index contributed by atoms with van der Waals surface area (Å²) in [5.74, 6) is 0. The summed E-state index contributed by atoms with van der Waals surface area (Å²) < 4.78 is 4.23. The molecule has 0 aliphatic carbocycles. The van der Waals surface area contributed by atoms with Crippen LogP contribution in [-0.4, -0.2) is 76.5 Å². The average Bonchev–Trinajstić information content (AvgIpc) is 1.61. The van der Waals surface area contributed by atoms with Gasteiger partial charge in [-0.3, -0.25) is 0 Å². The van der Waals surface area contributed by atoms with Gasteiger partial charge in [0, 0.05) is 0 Å². The summed E-state index contributed by atoms with van der Waals surface area (Å²) in [6, 6.07) is 0. The average molecular weight is 279 g/mol. The van der Waals surface area contributed by atoms with Crippen LogP contribution in [0.3, 0.4) is 0 Å². The quantitative estimate of drug-likeness (QED) is 0.443. The van der Waals surface area contributed by atoms with E-state index in [9.17, 15) is 0 Å². The minimum absolute atomic E-state index is 0. The zero-order valence-electron chi connectivity index (χ0n) is 4.48. The Hall–Kier alpha value is 1.84. The van der Waals surface area contributed by atoms with Crippen LogP contribution in [0.4, 0.5) is 0 Å². The Morgan fingerprint density at radius 1 is 1.56 bits per heavy atom. The van der Waals surface area contributed by atoms with E-state index < -0.39 is 14.7 Å². The van der Waals surface area contributed by atoms with Crippen molar-refractivity contribution >= 4 is 57.5 Å². The van der Waals surface area contributed by atoms with Gasteiger partial charge in [-0.1, -0.05) is 0 Å². The molecule has 0 aromatic carbocycles. The summed E-state index contributed by atoms with van der Waals surface area (Å²) in [4.78, 5) is 16.2. The second-order valence-electron chi connectivity index (χ2n) is 1.40. The molecule has 0 aromatic heterocycles. The predicted octanol–water partition coefficient (Wildman–Crippen LogP) is -1.32. The van der Waals surface area contributed by atoms with Crippen LogP contribution in [0.1, 0.15) is 6.92 Å². The molecule has 0 heterocycles. The zero-order valence-corrected chi connectivity index (χ0v) is 5.38. The Bertz CT molecular complexity index is 51.8. The monoisotopic (exact) mass is 280 g/mol. The van der Waals surface area contributed by atoms with Crippen LogP contribution in [0, 0.1) is 0 Å². The van der Waals surface area contributed by atoms with E-state index in [-0.39, 0.29) is 55.5 Å². The second kappa shape index (κ2) is 7.94. The summed E-state index contributed by atoms with van der Waals surface area (Å²) >= 11 is 0. The van der Waals surface area contributed by atoms with Crippen LogP contribution in [0.25, 0.3) is 0 Å². The molecule has 0 bridgehead atoms. The molecule has 0 amide bonds. The summed E-state index contributed by atoms with van der Waals surface area (Å²) in [5, 5.41) is 8.46. The molecule has 0 spiro atoms. The van der Waals surface area contributed by atoms with E-state index in [4.69, 9.17) is 14.9 Å². The van der Waals surface area contributed by atoms with Crippen LogP contribution in [0.2, 0.25) is 0 Å². The van der Waals surface area contributed by atoms with Crippen molar-refractivity contribution in [3.63, 3.8) is 0 Å². The molecule has 6 heteroatoms. The minimum atomic E-state index is -2.29. The second-order valence-corrected chi connectivity index (χ2v) is 2.16. The van der Waals surface area contributed by atoms with E-state index in [0.717, 1.165) is 0 Å². The van der Waals surface area contributed by atoms with Gasteiger partial charge in [-0.05, 0) is 6.92 Å². The predicted molar refractivity (Wildman–Crippen MR) is 37.5 cm³/mol. The van der Waals surface area contributed by atoms with Crippen molar-refractivity contribution in [2.24, 2.45) is 0 Å². The van der Waals surface area contributed by atoms with Crippen molar-refractivity contribution in [2.45, 2.75) is 13.0 Å². The van der Waals surface area contributed by atoms with Crippen molar-refractivity contribution in [2.75, 3.05) is 6.61 Å². The molecule has 0 aliphatic heterocycles. The number of aliphatic hydroxyl groups is 1. The summed E-state index contributed by atoms with van der Waals surface area (Å²) in [5.41, 5.74) is 0. The van der Waals surface area contributed by atoms with E-state index in [1.54, 1.807) is 0 Å². The number of rotatable bonds is 3. The van der Waals surface area contributed by atoms with Crippen molar-refractivity contribution in [1.82, 2.24) is 0 Å². The first-order valence-corrected chi connectivity index (χ1v) is 3.28. The van der Waals surface area contributed by atoms with Gasteiger partial charge >= 0.3 is 57.5 Å². The Morgan fingerprint density at radius 3 is 2.11 bits per heavy atom. The van der Waals surface area contributed by atoms with Gasteiger partial charge in [-0.15, -0.1) is 0 Å². The SMILES string of the molecule is CC(O)COP(O)O.[BaH2]. The summed E-state index contributed by atoms with van der Waals surface area (Å²) in [7, 11) is -2.29. The zero-order chi connectivity index (χ0) is 6.57. The van der Waals surface area contributed by atoms with Crippen LogP contribution < -0.4 is 0 Å². The molecule has 1 atom stereocenters. The first kappa shape index (κ1) is 13.4. The standard InChI is InChI=1S/C3H9O4P.Ba.2H/c1-3(4)2-7-8(5)6;;;/h3-6H,2H2,1H3;;;. The van der Waals surface area contributed by atoms with Crippen molar-refractivity contribution in [3.05, 3.63) is 0 Å². The van der Waals surface area contributed by atoms with E-state index in [1.165, 1.54) is 6.92 Å². The third-order valence-electron chi connectivity index (χ3n) is 0.431. The molecule has 0 rings (SSSR count).